The number of methoxy groups -OCH3 is 1. The second-order valence-electron chi connectivity index (χ2n) is 6.25. The van der Waals surface area contributed by atoms with Crippen molar-refractivity contribution in [3.63, 3.8) is 0 Å². The monoisotopic (exact) mass is 374 g/mol. The van der Waals surface area contributed by atoms with Crippen LogP contribution in [0.3, 0.4) is 0 Å². The lowest BCUT2D eigenvalue weighted by molar-refractivity contribution is -0.114. The molecule has 0 fully saturated rings. The van der Waals surface area contributed by atoms with Crippen molar-refractivity contribution in [3.8, 4) is 16.9 Å². The molecule has 1 aromatic heterocycles. The van der Waals surface area contributed by atoms with Crippen LogP contribution in [0.2, 0.25) is 0 Å². The summed E-state index contributed by atoms with van der Waals surface area (Å²) >= 11 is 0. The molecule has 140 valence electrons. The van der Waals surface area contributed by atoms with Crippen LogP contribution in [0.5, 0.6) is 5.75 Å². The van der Waals surface area contributed by atoms with Gasteiger partial charge in [-0.2, -0.15) is 0 Å². The van der Waals surface area contributed by atoms with E-state index in [2.05, 4.69) is 20.9 Å². The smallest absolute Gasteiger partial charge is 0.257 e. The number of anilines is 3. The number of hydrogen-bond acceptors (Lipinski definition) is 5. The minimum atomic E-state index is -0.314. The number of nitrogens with zero attached hydrogens (tertiary/aromatic N) is 1. The van der Waals surface area contributed by atoms with Crippen LogP contribution in [-0.4, -0.2) is 30.5 Å². The number of amides is 2. The van der Waals surface area contributed by atoms with Gasteiger partial charge in [0.25, 0.3) is 5.91 Å². The molecule has 0 unspecified atom stereocenters. The van der Waals surface area contributed by atoms with Crippen molar-refractivity contribution in [2.45, 2.75) is 0 Å². The van der Waals surface area contributed by atoms with Crippen LogP contribution >= 0.6 is 0 Å². The van der Waals surface area contributed by atoms with Gasteiger partial charge in [0, 0.05) is 17.4 Å². The first kappa shape index (κ1) is 17.5. The Kier molecular flexibility index (Phi) is 4.63. The Balaban J connectivity index is 1.62. The summed E-state index contributed by atoms with van der Waals surface area (Å²) in [7, 11) is 1.61. The standard InChI is InChI=1S/C21H18N4O3/c1-28-15-6-4-5-13(9-15)16-7-2-3-8-17(16)25-21(27)14-10-18-20(22-11-14)23-12-19(26)24-18/h2-11H,12H2,1H3,(H,22,23)(H,24,26)(H,25,27). The molecule has 0 bridgehead atoms. The summed E-state index contributed by atoms with van der Waals surface area (Å²) in [6, 6.07) is 16.8. The molecule has 2 aromatic carbocycles. The lowest BCUT2D eigenvalue weighted by Crippen LogP contribution is -2.28. The van der Waals surface area contributed by atoms with Gasteiger partial charge in [-0.05, 0) is 29.8 Å². The molecule has 0 atom stereocenters. The molecule has 0 spiro atoms. The van der Waals surface area contributed by atoms with E-state index in [1.807, 2.05) is 48.5 Å². The number of para-hydroxylation sites is 1. The third-order valence-corrected chi connectivity index (χ3v) is 4.40. The molecular weight excluding hydrogens is 356 g/mol. The first-order valence-corrected chi connectivity index (χ1v) is 8.72. The van der Waals surface area contributed by atoms with Gasteiger partial charge in [-0.15, -0.1) is 0 Å². The van der Waals surface area contributed by atoms with E-state index < -0.39 is 0 Å². The first-order valence-electron chi connectivity index (χ1n) is 8.72. The Labute approximate surface area is 161 Å². The molecular formula is C21H18N4O3. The lowest BCUT2D eigenvalue weighted by Gasteiger charge is -2.18. The Bertz CT molecular complexity index is 1070. The topological polar surface area (TPSA) is 92.3 Å². The third kappa shape index (κ3) is 3.50. The first-order chi connectivity index (χ1) is 13.6. The number of aromatic nitrogens is 1. The van der Waals surface area contributed by atoms with Crippen LogP contribution in [0.4, 0.5) is 17.2 Å². The van der Waals surface area contributed by atoms with Crippen LogP contribution in [0, 0.1) is 0 Å². The molecule has 0 saturated carbocycles. The van der Waals surface area contributed by atoms with Crippen molar-refractivity contribution >= 4 is 29.0 Å². The number of ether oxygens (including phenoxy) is 1. The summed E-state index contributed by atoms with van der Waals surface area (Å²) in [6.45, 7) is 0.166. The van der Waals surface area contributed by atoms with Crippen LogP contribution in [0.25, 0.3) is 11.1 Å². The number of carbonyl (C=O) groups excluding carboxylic acids is 2. The molecule has 0 radical (unpaired) electrons. The van der Waals surface area contributed by atoms with Gasteiger partial charge in [-0.3, -0.25) is 9.59 Å². The maximum atomic E-state index is 12.8. The number of fused-ring (bicyclic) bond motifs is 1. The fourth-order valence-electron chi connectivity index (χ4n) is 3.01. The number of hydrogen-bond donors (Lipinski definition) is 3. The zero-order chi connectivity index (χ0) is 19.5. The average Bonchev–Trinajstić information content (AvgIpc) is 2.73. The quantitative estimate of drug-likeness (QED) is 0.651. The predicted octanol–water partition coefficient (Wildman–Crippen LogP) is 3.37. The molecule has 2 heterocycles. The third-order valence-electron chi connectivity index (χ3n) is 4.40. The van der Waals surface area contributed by atoms with Crippen molar-refractivity contribution in [1.82, 2.24) is 4.98 Å². The fraction of sp³-hybridized carbons (Fsp3) is 0.0952. The van der Waals surface area contributed by atoms with Crippen molar-refractivity contribution in [3.05, 3.63) is 66.4 Å². The maximum absolute atomic E-state index is 12.8. The summed E-state index contributed by atoms with van der Waals surface area (Å²) in [6.07, 6.45) is 1.48. The molecule has 3 aromatic rings. The van der Waals surface area contributed by atoms with Crippen LogP contribution in [-0.2, 0) is 4.79 Å². The van der Waals surface area contributed by atoms with Crippen molar-refractivity contribution < 1.29 is 14.3 Å². The van der Waals surface area contributed by atoms with E-state index in [1.165, 1.54) is 6.20 Å². The van der Waals surface area contributed by atoms with Gasteiger partial charge in [0.1, 0.15) is 11.6 Å². The molecule has 28 heavy (non-hydrogen) atoms. The Morgan fingerprint density at radius 1 is 1.14 bits per heavy atom. The fourth-order valence-corrected chi connectivity index (χ4v) is 3.01. The second-order valence-corrected chi connectivity index (χ2v) is 6.25. The molecule has 2 amide bonds. The van der Waals surface area contributed by atoms with E-state index in [4.69, 9.17) is 4.74 Å². The van der Waals surface area contributed by atoms with Crippen LogP contribution < -0.4 is 20.7 Å². The minimum Gasteiger partial charge on any atom is -0.497 e. The van der Waals surface area contributed by atoms with Crippen LogP contribution in [0.15, 0.2) is 60.8 Å². The summed E-state index contributed by atoms with van der Waals surface area (Å²) in [5, 5.41) is 8.54. The highest BCUT2D eigenvalue weighted by Crippen LogP contribution is 2.31. The molecule has 0 saturated heterocycles. The highest BCUT2D eigenvalue weighted by atomic mass is 16.5. The van der Waals surface area contributed by atoms with E-state index in [0.29, 0.717) is 22.8 Å². The van der Waals surface area contributed by atoms with Gasteiger partial charge >= 0.3 is 0 Å². The number of nitrogens with one attached hydrogen (secondary N) is 3. The molecule has 7 heteroatoms. The predicted molar refractivity (Wildman–Crippen MR) is 108 cm³/mol. The van der Waals surface area contributed by atoms with Crippen molar-refractivity contribution in [1.29, 1.82) is 0 Å². The normalized spacial score (nSPS) is 12.4. The number of benzene rings is 2. The number of rotatable bonds is 4. The molecule has 4 rings (SSSR count). The average molecular weight is 374 g/mol. The second kappa shape index (κ2) is 7.40. The van der Waals surface area contributed by atoms with Gasteiger partial charge in [0.2, 0.25) is 5.91 Å². The summed E-state index contributed by atoms with van der Waals surface area (Å²) in [5.41, 5.74) is 3.31. The summed E-state index contributed by atoms with van der Waals surface area (Å²) in [4.78, 5) is 28.5. The van der Waals surface area contributed by atoms with Gasteiger partial charge in [-0.1, -0.05) is 30.3 Å². The minimum absolute atomic E-state index is 0.166. The highest BCUT2D eigenvalue weighted by molar-refractivity contribution is 6.08. The van der Waals surface area contributed by atoms with E-state index in [1.54, 1.807) is 13.2 Å². The lowest BCUT2D eigenvalue weighted by atomic mass is 10.0. The molecule has 3 N–H and O–H groups in total. The SMILES string of the molecule is COc1cccc(-c2ccccc2NC(=O)c2cnc3c(c2)NC(=O)CN3)c1. The van der Waals surface area contributed by atoms with E-state index >= 15 is 0 Å². The van der Waals surface area contributed by atoms with Crippen molar-refractivity contribution in [2.24, 2.45) is 0 Å². The van der Waals surface area contributed by atoms with Gasteiger partial charge in [0.15, 0.2) is 0 Å². The van der Waals surface area contributed by atoms with Gasteiger partial charge in [-0.25, -0.2) is 4.98 Å². The molecule has 0 aliphatic carbocycles. The Morgan fingerprint density at radius 3 is 2.86 bits per heavy atom. The largest absolute Gasteiger partial charge is 0.497 e. The zero-order valence-electron chi connectivity index (χ0n) is 15.2. The van der Waals surface area contributed by atoms with Gasteiger partial charge < -0.3 is 20.7 Å². The summed E-state index contributed by atoms with van der Waals surface area (Å²) in [5.74, 6) is 0.800. The number of carbonyl (C=O) groups is 2. The Hall–Kier alpha value is -3.87. The van der Waals surface area contributed by atoms with E-state index in [9.17, 15) is 9.59 Å². The summed E-state index contributed by atoms with van der Waals surface area (Å²) < 4.78 is 5.29. The van der Waals surface area contributed by atoms with Crippen molar-refractivity contribution in [2.75, 3.05) is 29.6 Å². The Morgan fingerprint density at radius 2 is 2.00 bits per heavy atom. The van der Waals surface area contributed by atoms with Crippen LogP contribution in [0.1, 0.15) is 10.4 Å². The highest BCUT2D eigenvalue weighted by Gasteiger charge is 2.18. The van der Waals surface area contributed by atoms with Gasteiger partial charge in [0.05, 0.1) is 24.9 Å². The van der Waals surface area contributed by atoms with E-state index in [-0.39, 0.29) is 18.4 Å². The van der Waals surface area contributed by atoms with E-state index in [0.717, 1.165) is 16.9 Å². The molecule has 1 aliphatic heterocycles. The molecule has 7 nitrogen and oxygen atoms in total. The maximum Gasteiger partial charge on any atom is 0.257 e. The molecule has 1 aliphatic rings. The number of pyridine rings is 1. The zero-order valence-corrected chi connectivity index (χ0v) is 15.2.